The molecule has 1 atom stereocenters. The van der Waals surface area contributed by atoms with E-state index in [1.165, 1.54) is 12.1 Å². The standard InChI is InChI=1S/C11H10ClNO4/c1-11(16,10(14)15)6-17-9-4-2-3-8(12)7(9)5-13/h2-4,16H,6H2,1H3,(H,14,15). The van der Waals surface area contributed by atoms with Crippen molar-refractivity contribution in [3.8, 4) is 11.8 Å². The lowest BCUT2D eigenvalue weighted by Gasteiger charge is -2.18. The zero-order chi connectivity index (χ0) is 13.1. The molecule has 1 unspecified atom stereocenters. The second-order valence-corrected chi connectivity index (χ2v) is 4.00. The van der Waals surface area contributed by atoms with Crippen molar-refractivity contribution in [2.24, 2.45) is 0 Å². The van der Waals surface area contributed by atoms with Gasteiger partial charge in [0, 0.05) is 0 Å². The smallest absolute Gasteiger partial charge is 0.339 e. The van der Waals surface area contributed by atoms with Crippen LogP contribution in [0.15, 0.2) is 18.2 Å². The molecule has 1 aromatic carbocycles. The van der Waals surface area contributed by atoms with Gasteiger partial charge in [0.2, 0.25) is 0 Å². The van der Waals surface area contributed by atoms with Gasteiger partial charge in [-0.25, -0.2) is 4.79 Å². The SMILES string of the molecule is CC(O)(COc1cccc(Cl)c1C#N)C(=O)O. The van der Waals surface area contributed by atoms with Crippen molar-refractivity contribution in [3.63, 3.8) is 0 Å². The summed E-state index contributed by atoms with van der Waals surface area (Å²) in [6.07, 6.45) is 0. The molecule has 0 bridgehead atoms. The molecule has 17 heavy (non-hydrogen) atoms. The maximum atomic E-state index is 10.6. The van der Waals surface area contributed by atoms with Gasteiger partial charge in [0.05, 0.1) is 5.02 Å². The Hall–Kier alpha value is -1.77. The van der Waals surface area contributed by atoms with Crippen LogP contribution in [0.5, 0.6) is 5.75 Å². The molecule has 0 fully saturated rings. The number of carboxylic acid groups (broad SMARTS) is 1. The Bertz CT molecular complexity index is 479. The quantitative estimate of drug-likeness (QED) is 0.849. The summed E-state index contributed by atoms with van der Waals surface area (Å²) in [4.78, 5) is 10.6. The van der Waals surface area contributed by atoms with Crippen LogP contribution in [-0.2, 0) is 4.79 Å². The highest BCUT2D eigenvalue weighted by Gasteiger charge is 2.31. The molecule has 0 aliphatic carbocycles. The van der Waals surface area contributed by atoms with Gasteiger partial charge in [-0.1, -0.05) is 17.7 Å². The van der Waals surface area contributed by atoms with Crippen molar-refractivity contribution >= 4 is 17.6 Å². The van der Waals surface area contributed by atoms with Crippen molar-refractivity contribution in [2.75, 3.05) is 6.61 Å². The summed E-state index contributed by atoms with van der Waals surface area (Å²) < 4.78 is 5.10. The second-order valence-electron chi connectivity index (χ2n) is 3.59. The zero-order valence-corrected chi connectivity index (χ0v) is 9.73. The van der Waals surface area contributed by atoms with E-state index >= 15 is 0 Å². The molecule has 0 aliphatic rings. The summed E-state index contributed by atoms with van der Waals surface area (Å²) in [6, 6.07) is 6.40. The van der Waals surface area contributed by atoms with Crippen molar-refractivity contribution in [2.45, 2.75) is 12.5 Å². The molecule has 0 saturated carbocycles. The van der Waals surface area contributed by atoms with Gasteiger partial charge < -0.3 is 14.9 Å². The summed E-state index contributed by atoms with van der Waals surface area (Å²) in [5.41, 5.74) is -1.91. The number of hydrogen-bond acceptors (Lipinski definition) is 4. The molecule has 0 heterocycles. The Morgan fingerprint density at radius 2 is 2.29 bits per heavy atom. The van der Waals surface area contributed by atoms with Gasteiger partial charge in [-0.15, -0.1) is 0 Å². The molecule has 0 radical (unpaired) electrons. The first-order valence-electron chi connectivity index (χ1n) is 4.65. The van der Waals surface area contributed by atoms with Crippen LogP contribution >= 0.6 is 11.6 Å². The van der Waals surface area contributed by atoms with Crippen LogP contribution in [0.4, 0.5) is 0 Å². The van der Waals surface area contributed by atoms with E-state index in [0.29, 0.717) is 0 Å². The molecule has 0 aromatic heterocycles. The Labute approximate surface area is 103 Å². The number of ether oxygens (including phenoxy) is 1. The minimum absolute atomic E-state index is 0.107. The molecule has 0 amide bonds. The van der Waals surface area contributed by atoms with Crippen LogP contribution in [-0.4, -0.2) is 28.4 Å². The van der Waals surface area contributed by atoms with Crippen LogP contribution in [0.3, 0.4) is 0 Å². The number of hydrogen-bond donors (Lipinski definition) is 2. The number of rotatable bonds is 4. The van der Waals surface area contributed by atoms with E-state index in [2.05, 4.69) is 0 Å². The normalized spacial score (nSPS) is 13.5. The lowest BCUT2D eigenvalue weighted by Crippen LogP contribution is -2.41. The largest absolute Gasteiger partial charge is 0.489 e. The number of carboxylic acids is 1. The fraction of sp³-hybridized carbons (Fsp3) is 0.273. The van der Waals surface area contributed by atoms with Crippen LogP contribution in [0.1, 0.15) is 12.5 Å². The molecular formula is C11H10ClNO4. The third kappa shape index (κ3) is 3.09. The molecule has 1 aromatic rings. The molecule has 1 rings (SSSR count). The second kappa shape index (κ2) is 5.04. The first-order chi connectivity index (χ1) is 7.88. The molecule has 2 N–H and O–H groups in total. The Morgan fingerprint density at radius 3 is 2.82 bits per heavy atom. The summed E-state index contributed by atoms with van der Waals surface area (Å²) >= 11 is 5.76. The lowest BCUT2D eigenvalue weighted by atomic mass is 10.1. The minimum Gasteiger partial charge on any atom is -0.489 e. The molecule has 0 saturated heterocycles. The third-order valence-corrected chi connectivity index (χ3v) is 2.37. The van der Waals surface area contributed by atoms with Crippen molar-refractivity contribution in [1.29, 1.82) is 5.26 Å². The number of benzene rings is 1. The maximum absolute atomic E-state index is 10.6. The van der Waals surface area contributed by atoms with Gasteiger partial charge in [0.1, 0.15) is 24.0 Å². The first-order valence-corrected chi connectivity index (χ1v) is 5.03. The van der Waals surface area contributed by atoms with E-state index in [1.807, 2.05) is 6.07 Å². The molecule has 5 nitrogen and oxygen atoms in total. The zero-order valence-electron chi connectivity index (χ0n) is 8.98. The highest BCUT2D eigenvalue weighted by Crippen LogP contribution is 2.26. The van der Waals surface area contributed by atoms with Crippen LogP contribution in [0.25, 0.3) is 0 Å². The number of nitriles is 1. The van der Waals surface area contributed by atoms with Crippen LogP contribution < -0.4 is 4.74 Å². The van der Waals surface area contributed by atoms with Gasteiger partial charge in [-0.05, 0) is 19.1 Å². The number of halogens is 1. The number of aliphatic hydroxyl groups is 1. The predicted molar refractivity (Wildman–Crippen MR) is 59.9 cm³/mol. The monoisotopic (exact) mass is 255 g/mol. The van der Waals surface area contributed by atoms with Gasteiger partial charge in [-0.3, -0.25) is 0 Å². The van der Waals surface area contributed by atoms with E-state index in [0.717, 1.165) is 6.92 Å². The predicted octanol–water partition coefficient (Wildman–Crippen LogP) is 1.43. The van der Waals surface area contributed by atoms with E-state index < -0.39 is 18.2 Å². The van der Waals surface area contributed by atoms with Crippen molar-refractivity contribution < 1.29 is 19.7 Å². The average Bonchev–Trinajstić information content (AvgIpc) is 2.26. The van der Waals surface area contributed by atoms with E-state index in [1.54, 1.807) is 6.07 Å². The van der Waals surface area contributed by atoms with Gasteiger partial charge in [-0.2, -0.15) is 5.26 Å². The molecule has 0 aliphatic heterocycles. The van der Waals surface area contributed by atoms with Crippen molar-refractivity contribution in [3.05, 3.63) is 28.8 Å². The molecule has 6 heteroatoms. The fourth-order valence-corrected chi connectivity index (χ4v) is 1.22. The highest BCUT2D eigenvalue weighted by molar-refractivity contribution is 6.31. The lowest BCUT2D eigenvalue weighted by molar-refractivity contribution is -0.159. The number of aliphatic carboxylic acids is 1. The Kier molecular flexibility index (Phi) is 3.94. The summed E-state index contributed by atoms with van der Waals surface area (Å²) in [5, 5.41) is 27.2. The molecular weight excluding hydrogens is 246 g/mol. The average molecular weight is 256 g/mol. The topological polar surface area (TPSA) is 90.5 Å². The summed E-state index contributed by atoms with van der Waals surface area (Å²) in [6.45, 7) is 0.628. The van der Waals surface area contributed by atoms with Gasteiger partial charge in [0.15, 0.2) is 5.60 Å². The summed E-state index contributed by atoms with van der Waals surface area (Å²) in [7, 11) is 0. The molecule has 0 spiro atoms. The number of nitrogens with zero attached hydrogens (tertiary/aromatic N) is 1. The highest BCUT2D eigenvalue weighted by atomic mass is 35.5. The van der Waals surface area contributed by atoms with Crippen LogP contribution in [0.2, 0.25) is 5.02 Å². The third-order valence-electron chi connectivity index (χ3n) is 2.06. The van der Waals surface area contributed by atoms with Gasteiger partial charge in [0.25, 0.3) is 0 Å². The van der Waals surface area contributed by atoms with E-state index in [4.69, 9.17) is 26.7 Å². The Morgan fingerprint density at radius 1 is 1.65 bits per heavy atom. The minimum atomic E-state index is -2.02. The fourth-order valence-electron chi connectivity index (χ4n) is 1.01. The van der Waals surface area contributed by atoms with Crippen LogP contribution in [0, 0.1) is 11.3 Å². The van der Waals surface area contributed by atoms with E-state index in [9.17, 15) is 9.90 Å². The first kappa shape index (κ1) is 13.3. The number of carbonyl (C=O) groups is 1. The Balaban J connectivity index is 2.88. The van der Waals surface area contributed by atoms with E-state index in [-0.39, 0.29) is 16.3 Å². The molecule has 90 valence electrons. The van der Waals surface area contributed by atoms with Gasteiger partial charge >= 0.3 is 5.97 Å². The maximum Gasteiger partial charge on any atom is 0.339 e. The van der Waals surface area contributed by atoms with Crippen molar-refractivity contribution in [1.82, 2.24) is 0 Å². The summed E-state index contributed by atoms with van der Waals surface area (Å²) in [5.74, 6) is -1.26.